The van der Waals surface area contributed by atoms with E-state index in [4.69, 9.17) is 5.73 Å². The Kier molecular flexibility index (Phi) is 5.55. The molecule has 2 N–H and O–H groups in total. The zero-order chi connectivity index (χ0) is 14.6. The van der Waals surface area contributed by atoms with Crippen molar-refractivity contribution >= 4 is 5.91 Å². The summed E-state index contributed by atoms with van der Waals surface area (Å²) in [6, 6.07) is 6.08. The third-order valence-corrected chi connectivity index (χ3v) is 3.61. The van der Waals surface area contributed by atoms with E-state index in [-0.39, 0.29) is 11.9 Å². The monoisotopic (exact) mass is 262 g/mol. The van der Waals surface area contributed by atoms with Crippen LogP contribution in [0.3, 0.4) is 0 Å². The molecule has 106 valence electrons. The lowest BCUT2D eigenvalue weighted by Gasteiger charge is -2.22. The Hall–Kier alpha value is -1.35. The average Bonchev–Trinajstić information content (AvgIpc) is 2.34. The Labute approximate surface area is 116 Å². The fraction of sp³-hybridized carbons (Fsp3) is 0.562. The van der Waals surface area contributed by atoms with Crippen molar-refractivity contribution in [2.75, 3.05) is 13.6 Å². The predicted molar refractivity (Wildman–Crippen MR) is 80.3 cm³/mol. The molecule has 0 radical (unpaired) electrons. The molecule has 0 spiro atoms. The van der Waals surface area contributed by atoms with Gasteiger partial charge in [-0.2, -0.15) is 0 Å². The molecule has 0 saturated carbocycles. The molecule has 19 heavy (non-hydrogen) atoms. The lowest BCUT2D eigenvalue weighted by atomic mass is 10.0. The largest absolute Gasteiger partial charge is 0.342 e. The fourth-order valence-corrected chi connectivity index (χ4v) is 2.04. The van der Waals surface area contributed by atoms with E-state index in [9.17, 15) is 4.79 Å². The van der Waals surface area contributed by atoms with Gasteiger partial charge in [-0.25, -0.2) is 0 Å². The summed E-state index contributed by atoms with van der Waals surface area (Å²) in [6.45, 7) is 8.93. The molecule has 0 aliphatic rings. The van der Waals surface area contributed by atoms with Crippen LogP contribution >= 0.6 is 0 Å². The van der Waals surface area contributed by atoms with Crippen molar-refractivity contribution in [1.29, 1.82) is 0 Å². The van der Waals surface area contributed by atoms with Crippen LogP contribution in [0.2, 0.25) is 0 Å². The molecule has 0 aliphatic heterocycles. The van der Waals surface area contributed by atoms with Crippen LogP contribution in [0.5, 0.6) is 0 Å². The highest BCUT2D eigenvalue weighted by Gasteiger charge is 2.15. The first-order valence-electron chi connectivity index (χ1n) is 6.91. The minimum absolute atomic E-state index is 0.0773. The molecule has 1 aromatic carbocycles. The van der Waals surface area contributed by atoms with Gasteiger partial charge in [0, 0.05) is 25.2 Å². The second-order valence-electron chi connectivity index (χ2n) is 5.74. The SMILES string of the molecule is Cc1ccc(C(=O)N(C)CCC(N)C(C)C)c(C)c1. The van der Waals surface area contributed by atoms with E-state index >= 15 is 0 Å². The highest BCUT2D eigenvalue weighted by Crippen LogP contribution is 2.13. The Balaban J connectivity index is 2.66. The molecule has 3 nitrogen and oxygen atoms in total. The van der Waals surface area contributed by atoms with Gasteiger partial charge in [0.1, 0.15) is 0 Å². The Bertz CT molecular complexity index is 440. The number of benzene rings is 1. The molecule has 1 aromatic rings. The van der Waals surface area contributed by atoms with Crippen LogP contribution in [-0.4, -0.2) is 30.4 Å². The third kappa shape index (κ3) is 4.35. The standard InChI is InChI=1S/C16H26N2O/c1-11(2)15(17)8-9-18(5)16(19)14-7-6-12(3)10-13(14)4/h6-7,10-11,15H,8-9,17H2,1-5H3. The number of hydrogen-bond acceptors (Lipinski definition) is 2. The summed E-state index contributed by atoms with van der Waals surface area (Å²) in [5.74, 6) is 0.526. The molecule has 0 aliphatic carbocycles. The van der Waals surface area contributed by atoms with Crippen LogP contribution in [0.1, 0.15) is 41.8 Å². The van der Waals surface area contributed by atoms with Crippen LogP contribution in [0.15, 0.2) is 18.2 Å². The number of nitrogens with two attached hydrogens (primary N) is 1. The molecule has 3 heteroatoms. The van der Waals surface area contributed by atoms with Crippen molar-refractivity contribution in [1.82, 2.24) is 4.90 Å². The van der Waals surface area contributed by atoms with E-state index in [1.165, 1.54) is 5.56 Å². The summed E-state index contributed by atoms with van der Waals surface area (Å²) in [5, 5.41) is 0. The van der Waals surface area contributed by atoms with E-state index in [1.54, 1.807) is 4.90 Å². The minimum atomic E-state index is 0.0773. The molecule has 0 bridgehead atoms. The molecule has 0 aromatic heterocycles. The maximum absolute atomic E-state index is 12.3. The Morgan fingerprint density at radius 3 is 2.47 bits per heavy atom. The molecule has 1 rings (SSSR count). The van der Waals surface area contributed by atoms with Crippen molar-refractivity contribution in [2.45, 2.75) is 40.2 Å². The quantitative estimate of drug-likeness (QED) is 0.887. The number of carbonyl (C=O) groups is 1. The van der Waals surface area contributed by atoms with Crippen molar-refractivity contribution in [2.24, 2.45) is 11.7 Å². The molecule has 1 amide bonds. The van der Waals surface area contributed by atoms with Gasteiger partial charge in [-0.15, -0.1) is 0 Å². The predicted octanol–water partition coefficient (Wildman–Crippen LogP) is 2.75. The van der Waals surface area contributed by atoms with E-state index in [2.05, 4.69) is 13.8 Å². The lowest BCUT2D eigenvalue weighted by Crippen LogP contribution is -2.34. The zero-order valence-electron chi connectivity index (χ0n) is 12.7. The van der Waals surface area contributed by atoms with Crippen molar-refractivity contribution in [3.05, 3.63) is 34.9 Å². The number of carbonyl (C=O) groups excluding carboxylic acids is 1. The molecular weight excluding hydrogens is 236 g/mol. The van der Waals surface area contributed by atoms with E-state index in [1.807, 2.05) is 39.1 Å². The van der Waals surface area contributed by atoms with Crippen LogP contribution in [0.4, 0.5) is 0 Å². The zero-order valence-corrected chi connectivity index (χ0v) is 12.7. The van der Waals surface area contributed by atoms with Gasteiger partial charge >= 0.3 is 0 Å². The minimum Gasteiger partial charge on any atom is -0.342 e. The number of rotatable bonds is 5. The highest BCUT2D eigenvalue weighted by molar-refractivity contribution is 5.95. The summed E-state index contributed by atoms with van der Waals surface area (Å²) < 4.78 is 0. The fourth-order valence-electron chi connectivity index (χ4n) is 2.04. The number of amides is 1. The van der Waals surface area contributed by atoms with Crippen LogP contribution < -0.4 is 5.73 Å². The molecular formula is C16H26N2O. The topological polar surface area (TPSA) is 46.3 Å². The van der Waals surface area contributed by atoms with E-state index in [0.29, 0.717) is 12.5 Å². The number of hydrogen-bond donors (Lipinski definition) is 1. The van der Waals surface area contributed by atoms with Gasteiger partial charge in [0.15, 0.2) is 0 Å². The molecule has 1 atom stereocenters. The summed E-state index contributed by atoms with van der Waals surface area (Å²) in [5.41, 5.74) is 9.01. The van der Waals surface area contributed by atoms with Crippen LogP contribution in [-0.2, 0) is 0 Å². The van der Waals surface area contributed by atoms with Crippen molar-refractivity contribution in [3.8, 4) is 0 Å². The second-order valence-corrected chi connectivity index (χ2v) is 5.74. The van der Waals surface area contributed by atoms with Gasteiger partial charge in [0.05, 0.1) is 0 Å². The van der Waals surface area contributed by atoms with Gasteiger partial charge in [-0.05, 0) is 37.8 Å². The summed E-state index contributed by atoms with van der Waals surface area (Å²) >= 11 is 0. The normalized spacial score (nSPS) is 12.6. The lowest BCUT2D eigenvalue weighted by molar-refractivity contribution is 0.0788. The van der Waals surface area contributed by atoms with Crippen molar-refractivity contribution in [3.63, 3.8) is 0 Å². The summed E-state index contributed by atoms with van der Waals surface area (Å²) in [6.07, 6.45) is 0.838. The Morgan fingerprint density at radius 2 is 1.95 bits per heavy atom. The highest BCUT2D eigenvalue weighted by atomic mass is 16.2. The maximum Gasteiger partial charge on any atom is 0.253 e. The molecule has 1 unspecified atom stereocenters. The van der Waals surface area contributed by atoms with Gasteiger partial charge in [-0.1, -0.05) is 31.5 Å². The van der Waals surface area contributed by atoms with Crippen LogP contribution in [0.25, 0.3) is 0 Å². The average molecular weight is 262 g/mol. The third-order valence-electron chi connectivity index (χ3n) is 3.61. The maximum atomic E-state index is 12.3. The van der Waals surface area contributed by atoms with Gasteiger partial charge < -0.3 is 10.6 Å². The van der Waals surface area contributed by atoms with Crippen molar-refractivity contribution < 1.29 is 4.79 Å². The smallest absolute Gasteiger partial charge is 0.253 e. The van der Waals surface area contributed by atoms with E-state index < -0.39 is 0 Å². The summed E-state index contributed by atoms with van der Waals surface area (Å²) in [7, 11) is 1.84. The first-order valence-corrected chi connectivity index (χ1v) is 6.91. The number of aryl methyl sites for hydroxylation is 2. The molecule has 0 fully saturated rings. The second kappa shape index (κ2) is 6.71. The van der Waals surface area contributed by atoms with Gasteiger partial charge in [0.25, 0.3) is 5.91 Å². The summed E-state index contributed by atoms with van der Waals surface area (Å²) in [4.78, 5) is 14.1. The van der Waals surface area contributed by atoms with Gasteiger partial charge in [0.2, 0.25) is 0 Å². The van der Waals surface area contributed by atoms with Crippen LogP contribution in [0, 0.1) is 19.8 Å². The van der Waals surface area contributed by atoms with E-state index in [0.717, 1.165) is 17.5 Å². The first-order chi connectivity index (χ1) is 8.82. The molecule has 0 heterocycles. The first kappa shape index (κ1) is 15.7. The molecule has 0 saturated heterocycles. The van der Waals surface area contributed by atoms with Gasteiger partial charge in [-0.3, -0.25) is 4.79 Å². The Morgan fingerprint density at radius 1 is 1.32 bits per heavy atom. The number of nitrogens with zero attached hydrogens (tertiary/aromatic N) is 1.